The summed E-state index contributed by atoms with van der Waals surface area (Å²) in [6.07, 6.45) is 0. The Labute approximate surface area is 184 Å². The van der Waals surface area contributed by atoms with Crippen LogP contribution < -0.4 is 10.6 Å². The molecule has 3 aromatic rings. The average Bonchev–Trinajstić information content (AvgIpc) is 3.12. The third kappa shape index (κ3) is 5.69. The molecule has 1 heterocycles. The minimum atomic E-state index is -0.490. The Bertz CT molecular complexity index is 1060. The Morgan fingerprint density at radius 3 is 2.42 bits per heavy atom. The van der Waals surface area contributed by atoms with Gasteiger partial charge in [0.1, 0.15) is 5.82 Å². The molecule has 162 valence electrons. The quantitative estimate of drug-likeness (QED) is 0.519. The van der Waals surface area contributed by atoms with E-state index >= 15 is 0 Å². The molecule has 1 atom stereocenters. The zero-order chi connectivity index (χ0) is 22.4. The van der Waals surface area contributed by atoms with E-state index in [1.807, 2.05) is 32.0 Å². The summed E-state index contributed by atoms with van der Waals surface area (Å²) in [5, 5.41) is 14.5. The molecular formula is C22H24FN5O2S. The number of nitrogens with zero attached hydrogens (tertiary/aromatic N) is 3. The number of aromatic nitrogens is 3. The Morgan fingerprint density at radius 1 is 1.06 bits per heavy atom. The van der Waals surface area contributed by atoms with Crippen molar-refractivity contribution >= 4 is 29.3 Å². The fraction of sp³-hybridized carbons (Fsp3) is 0.273. The smallest absolute Gasteiger partial charge is 0.251 e. The summed E-state index contributed by atoms with van der Waals surface area (Å²) in [5.41, 5.74) is 0.699. The number of carbonyl (C=O) groups is 2. The molecule has 1 aromatic heterocycles. The molecule has 0 saturated carbocycles. The standard InChI is InChI=1S/C22H24FN5O2S/c1-14(2)19(25-21(30)15-9-5-4-6-10-15)20-26-27-22(28(20)3)31-13-18(29)24-17-12-8-7-11-16(17)23/h4-12,14,19H,13H2,1-3H3,(H,24,29)(H,25,30). The van der Waals surface area contributed by atoms with Crippen molar-refractivity contribution in [3.8, 4) is 0 Å². The van der Waals surface area contributed by atoms with Gasteiger partial charge < -0.3 is 15.2 Å². The van der Waals surface area contributed by atoms with Gasteiger partial charge in [-0.1, -0.05) is 55.9 Å². The summed E-state index contributed by atoms with van der Waals surface area (Å²) in [7, 11) is 1.79. The molecule has 0 bridgehead atoms. The van der Waals surface area contributed by atoms with Gasteiger partial charge in [0.25, 0.3) is 5.91 Å². The molecule has 0 aliphatic carbocycles. The van der Waals surface area contributed by atoms with Crippen LogP contribution in [0.3, 0.4) is 0 Å². The third-order valence-electron chi connectivity index (χ3n) is 4.62. The van der Waals surface area contributed by atoms with Crippen LogP contribution in [0.25, 0.3) is 0 Å². The van der Waals surface area contributed by atoms with E-state index in [0.717, 1.165) is 0 Å². The zero-order valence-electron chi connectivity index (χ0n) is 17.5. The molecule has 7 nitrogen and oxygen atoms in total. The topological polar surface area (TPSA) is 88.9 Å². The van der Waals surface area contributed by atoms with Gasteiger partial charge >= 0.3 is 0 Å². The molecule has 2 amide bonds. The second-order valence-corrected chi connectivity index (χ2v) is 8.22. The SMILES string of the molecule is CC(C)C(NC(=O)c1ccccc1)c1nnc(SCC(=O)Nc2ccccc2F)n1C. The lowest BCUT2D eigenvalue weighted by atomic mass is 10.0. The summed E-state index contributed by atoms with van der Waals surface area (Å²) in [5.74, 6) is -0.328. The summed E-state index contributed by atoms with van der Waals surface area (Å²) >= 11 is 1.19. The number of carbonyl (C=O) groups excluding carboxylic acids is 2. The van der Waals surface area contributed by atoms with Crippen LogP contribution in [0.15, 0.2) is 59.8 Å². The maximum absolute atomic E-state index is 13.7. The molecule has 31 heavy (non-hydrogen) atoms. The number of hydrogen-bond donors (Lipinski definition) is 2. The van der Waals surface area contributed by atoms with Gasteiger partial charge in [-0.05, 0) is 30.2 Å². The first kappa shape index (κ1) is 22.5. The predicted molar refractivity (Wildman–Crippen MR) is 118 cm³/mol. The minimum Gasteiger partial charge on any atom is -0.342 e. The summed E-state index contributed by atoms with van der Waals surface area (Å²) in [4.78, 5) is 24.8. The molecule has 0 saturated heterocycles. The van der Waals surface area contributed by atoms with E-state index in [9.17, 15) is 14.0 Å². The van der Waals surface area contributed by atoms with Crippen molar-refractivity contribution in [2.75, 3.05) is 11.1 Å². The van der Waals surface area contributed by atoms with Gasteiger partial charge in [-0.2, -0.15) is 0 Å². The van der Waals surface area contributed by atoms with Gasteiger partial charge in [-0.15, -0.1) is 10.2 Å². The lowest BCUT2D eigenvalue weighted by molar-refractivity contribution is -0.113. The van der Waals surface area contributed by atoms with Crippen molar-refractivity contribution < 1.29 is 14.0 Å². The van der Waals surface area contributed by atoms with Crippen molar-refractivity contribution in [1.29, 1.82) is 0 Å². The van der Waals surface area contributed by atoms with Gasteiger partial charge in [0.05, 0.1) is 17.5 Å². The largest absolute Gasteiger partial charge is 0.342 e. The second kappa shape index (κ2) is 10.2. The first-order valence-corrected chi connectivity index (χ1v) is 10.8. The maximum atomic E-state index is 13.7. The summed E-state index contributed by atoms with van der Waals surface area (Å²) in [6, 6.07) is 14.6. The van der Waals surface area contributed by atoms with Crippen molar-refractivity contribution in [3.05, 3.63) is 71.8 Å². The number of anilines is 1. The number of halogens is 1. The Morgan fingerprint density at radius 2 is 1.74 bits per heavy atom. The van der Waals surface area contributed by atoms with Crippen LogP contribution in [-0.2, 0) is 11.8 Å². The number of hydrogen-bond acceptors (Lipinski definition) is 5. The number of amides is 2. The summed E-state index contributed by atoms with van der Waals surface area (Å²) < 4.78 is 15.5. The lowest BCUT2D eigenvalue weighted by Crippen LogP contribution is -2.33. The Kier molecular flexibility index (Phi) is 7.41. The number of thioether (sulfide) groups is 1. The van der Waals surface area contributed by atoms with Crippen LogP contribution in [0.1, 0.15) is 36.1 Å². The number of rotatable bonds is 8. The maximum Gasteiger partial charge on any atom is 0.251 e. The minimum absolute atomic E-state index is 0.0447. The van der Waals surface area contributed by atoms with Gasteiger partial charge in [-0.3, -0.25) is 9.59 Å². The first-order valence-electron chi connectivity index (χ1n) is 9.79. The Hall–Kier alpha value is -3.20. The van der Waals surface area contributed by atoms with Crippen LogP contribution >= 0.6 is 11.8 Å². The highest BCUT2D eigenvalue weighted by Crippen LogP contribution is 2.24. The van der Waals surface area contributed by atoms with E-state index in [4.69, 9.17) is 0 Å². The molecule has 3 rings (SSSR count). The van der Waals surface area contributed by atoms with E-state index in [-0.39, 0.29) is 35.2 Å². The fourth-order valence-corrected chi connectivity index (χ4v) is 3.66. The monoisotopic (exact) mass is 441 g/mol. The van der Waals surface area contributed by atoms with Gasteiger partial charge in [-0.25, -0.2) is 4.39 Å². The zero-order valence-corrected chi connectivity index (χ0v) is 18.3. The van der Waals surface area contributed by atoms with Crippen molar-refractivity contribution in [2.45, 2.75) is 25.0 Å². The molecule has 0 radical (unpaired) electrons. The first-order chi connectivity index (χ1) is 14.9. The lowest BCUT2D eigenvalue weighted by Gasteiger charge is -2.21. The molecule has 0 aliphatic heterocycles. The van der Waals surface area contributed by atoms with Crippen LogP contribution in [0, 0.1) is 11.7 Å². The van der Waals surface area contributed by atoms with Crippen molar-refractivity contribution in [1.82, 2.24) is 20.1 Å². The average molecular weight is 442 g/mol. The highest BCUT2D eigenvalue weighted by Gasteiger charge is 2.25. The van der Waals surface area contributed by atoms with Gasteiger partial charge in [0.2, 0.25) is 5.91 Å². The molecule has 2 aromatic carbocycles. The molecule has 0 spiro atoms. The van der Waals surface area contributed by atoms with E-state index < -0.39 is 5.82 Å². The molecule has 0 aliphatic rings. The predicted octanol–water partition coefficient (Wildman–Crippen LogP) is 3.81. The number of benzene rings is 2. The van der Waals surface area contributed by atoms with E-state index in [0.29, 0.717) is 16.5 Å². The highest BCUT2D eigenvalue weighted by molar-refractivity contribution is 7.99. The number of para-hydroxylation sites is 1. The molecule has 1 unspecified atom stereocenters. The molecule has 0 fully saturated rings. The molecule has 9 heteroatoms. The normalized spacial score (nSPS) is 11.9. The van der Waals surface area contributed by atoms with Crippen molar-refractivity contribution in [2.24, 2.45) is 13.0 Å². The van der Waals surface area contributed by atoms with E-state index in [1.165, 1.54) is 23.9 Å². The molecule has 2 N–H and O–H groups in total. The van der Waals surface area contributed by atoms with Crippen LogP contribution in [0.4, 0.5) is 10.1 Å². The third-order valence-corrected chi connectivity index (χ3v) is 5.64. The van der Waals surface area contributed by atoms with Crippen molar-refractivity contribution in [3.63, 3.8) is 0 Å². The van der Waals surface area contributed by atoms with Gasteiger partial charge in [0, 0.05) is 12.6 Å². The van der Waals surface area contributed by atoms with Crippen LogP contribution in [-0.4, -0.2) is 32.3 Å². The Balaban J connectivity index is 1.66. The number of nitrogens with one attached hydrogen (secondary N) is 2. The van der Waals surface area contributed by atoms with E-state index in [2.05, 4.69) is 20.8 Å². The van der Waals surface area contributed by atoms with Crippen LogP contribution in [0.2, 0.25) is 0 Å². The second-order valence-electron chi connectivity index (χ2n) is 7.28. The highest BCUT2D eigenvalue weighted by atomic mass is 32.2. The molecular weight excluding hydrogens is 417 g/mol. The van der Waals surface area contributed by atoms with Crippen LogP contribution in [0.5, 0.6) is 0 Å². The van der Waals surface area contributed by atoms with Gasteiger partial charge in [0.15, 0.2) is 11.0 Å². The fourth-order valence-electron chi connectivity index (χ4n) is 2.95. The van der Waals surface area contributed by atoms with E-state index in [1.54, 1.807) is 35.9 Å². The summed E-state index contributed by atoms with van der Waals surface area (Å²) in [6.45, 7) is 3.97.